The minimum atomic E-state index is -0.760. The standard InChI is InChI=1S/C33H33NO4/c35-32(36)15-2-1-7-22-38-31-14-6-4-10-27(31)23-34(28-20-21-28)33(37)26-18-16-25(17-19-26)30-13-8-11-24-9-3-5-12-29(24)30/h3-6,8-14,16-19,28H,1-2,7,15,20-23H2,(H,35,36). The minimum absolute atomic E-state index is 0.0421. The summed E-state index contributed by atoms with van der Waals surface area (Å²) in [6.45, 7) is 1.04. The highest BCUT2D eigenvalue weighted by atomic mass is 16.5. The van der Waals surface area contributed by atoms with E-state index in [-0.39, 0.29) is 18.4 Å². The first kappa shape index (κ1) is 25.5. The van der Waals surface area contributed by atoms with Gasteiger partial charge in [0, 0.05) is 30.1 Å². The molecular weight excluding hydrogens is 474 g/mol. The van der Waals surface area contributed by atoms with E-state index in [0.717, 1.165) is 48.1 Å². The molecule has 1 aliphatic carbocycles. The summed E-state index contributed by atoms with van der Waals surface area (Å²) in [5, 5.41) is 11.2. The van der Waals surface area contributed by atoms with E-state index >= 15 is 0 Å². The molecule has 38 heavy (non-hydrogen) atoms. The molecule has 1 aliphatic rings. The second-order valence-electron chi connectivity index (χ2n) is 9.93. The average molecular weight is 508 g/mol. The van der Waals surface area contributed by atoms with Crippen molar-refractivity contribution in [3.63, 3.8) is 0 Å². The fraction of sp³-hybridized carbons (Fsp3) is 0.273. The molecule has 4 aromatic rings. The predicted molar refractivity (Wildman–Crippen MR) is 150 cm³/mol. The van der Waals surface area contributed by atoms with Gasteiger partial charge in [-0.3, -0.25) is 9.59 Å². The number of aliphatic carboxylic acids is 1. The van der Waals surface area contributed by atoms with Gasteiger partial charge in [-0.2, -0.15) is 0 Å². The van der Waals surface area contributed by atoms with Crippen LogP contribution in [0.1, 0.15) is 54.4 Å². The summed E-state index contributed by atoms with van der Waals surface area (Å²) >= 11 is 0. The van der Waals surface area contributed by atoms with Crippen LogP contribution in [-0.2, 0) is 11.3 Å². The second-order valence-corrected chi connectivity index (χ2v) is 9.93. The summed E-state index contributed by atoms with van der Waals surface area (Å²) < 4.78 is 6.05. The molecule has 0 aliphatic heterocycles. The van der Waals surface area contributed by atoms with Crippen LogP contribution in [0.4, 0.5) is 0 Å². The van der Waals surface area contributed by atoms with Gasteiger partial charge in [-0.15, -0.1) is 0 Å². The van der Waals surface area contributed by atoms with E-state index in [2.05, 4.69) is 36.4 Å². The molecule has 4 aromatic carbocycles. The van der Waals surface area contributed by atoms with Crippen molar-refractivity contribution in [1.82, 2.24) is 4.90 Å². The van der Waals surface area contributed by atoms with Crippen molar-refractivity contribution in [2.24, 2.45) is 0 Å². The number of ether oxygens (including phenoxy) is 1. The number of nitrogens with zero attached hydrogens (tertiary/aromatic N) is 1. The second kappa shape index (κ2) is 12.0. The highest BCUT2D eigenvalue weighted by molar-refractivity contribution is 5.98. The number of hydrogen-bond donors (Lipinski definition) is 1. The maximum absolute atomic E-state index is 13.6. The number of benzene rings is 4. The molecule has 5 heteroatoms. The van der Waals surface area contributed by atoms with Crippen LogP contribution < -0.4 is 4.74 Å². The number of rotatable bonds is 12. The number of hydrogen-bond acceptors (Lipinski definition) is 3. The Hall–Kier alpha value is -4.12. The van der Waals surface area contributed by atoms with E-state index in [9.17, 15) is 9.59 Å². The maximum atomic E-state index is 13.6. The molecule has 0 atom stereocenters. The van der Waals surface area contributed by atoms with E-state index in [1.165, 1.54) is 10.8 Å². The number of unbranched alkanes of at least 4 members (excludes halogenated alkanes) is 2. The Morgan fingerprint density at radius 1 is 0.816 bits per heavy atom. The van der Waals surface area contributed by atoms with Gasteiger partial charge in [-0.1, -0.05) is 72.8 Å². The molecule has 0 saturated heterocycles. The molecular formula is C33H33NO4. The summed E-state index contributed by atoms with van der Waals surface area (Å²) in [4.78, 5) is 26.3. The Balaban J connectivity index is 1.27. The highest BCUT2D eigenvalue weighted by Crippen LogP contribution is 2.33. The van der Waals surface area contributed by atoms with Crippen molar-refractivity contribution in [2.75, 3.05) is 6.61 Å². The smallest absolute Gasteiger partial charge is 0.303 e. The molecule has 1 N–H and O–H groups in total. The molecule has 0 aromatic heterocycles. The monoisotopic (exact) mass is 507 g/mol. The van der Waals surface area contributed by atoms with Gasteiger partial charge in [0.05, 0.1) is 6.61 Å². The molecule has 5 nitrogen and oxygen atoms in total. The summed E-state index contributed by atoms with van der Waals surface area (Å²) in [6, 6.07) is 30.8. The van der Waals surface area contributed by atoms with Crippen molar-refractivity contribution < 1.29 is 19.4 Å². The summed E-state index contributed by atoms with van der Waals surface area (Å²) in [7, 11) is 0. The lowest BCUT2D eigenvalue weighted by Crippen LogP contribution is -2.32. The van der Waals surface area contributed by atoms with Crippen LogP contribution in [0, 0.1) is 0 Å². The van der Waals surface area contributed by atoms with Crippen molar-refractivity contribution in [3.05, 3.63) is 102 Å². The normalized spacial score (nSPS) is 12.8. The van der Waals surface area contributed by atoms with Crippen molar-refractivity contribution in [2.45, 2.75) is 51.1 Å². The average Bonchev–Trinajstić information content (AvgIpc) is 3.79. The molecule has 1 amide bonds. The molecule has 194 valence electrons. The van der Waals surface area contributed by atoms with E-state index in [4.69, 9.17) is 9.84 Å². The Morgan fingerprint density at radius 3 is 2.34 bits per heavy atom. The van der Waals surface area contributed by atoms with Gasteiger partial charge in [0.25, 0.3) is 5.91 Å². The van der Waals surface area contributed by atoms with Crippen molar-refractivity contribution in [3.8, 4) is 16.9 Å². The first-order valence-corrected chi connectivity index (χ1v) is 13.4. The van der Waals surface area contributed by atoms with Crippen LogP contribution in [0.5, 0.6) is 5.75 Å². The molecule has 1 saturated carbocycles. The molecule has 5 rings (SSSR count). The lowest BCUT2D eigenvalue weighted by Gasteiger charge is -2.24. The van der Waals surface area contributed by atoms with E-state index in [1.54, 1.807) is 0 Å². The molecule has 0 bridgehead atoms. The zero-order valence-corrected chi connectivity index (χ0v) is 21.5. The first-order valence-electron chi connectivity index (χ1n) is 13.4. The maximum Gasteiger partial charge on any atom is 0.303 e. The summed E-state index contributed by atoms with van der Waals surface area (Å²) in [6.07, 6.45) is 4.51. The van der Waals surface area contributed by atoms with Crippen LogP contribution in [0.3, 0.4) is 0 Å². The van der Waals surface area contributed by atoms with Crippen molar-refractivity contribution >= 4 is 22.6 Å². The Kier molecular flexibility index (Phi) is 8.03. The van der Waals surface area contributed by atoms with E-state index in [0.29, 0.717) is 25.1 Å². The van der Waals surface area contributed by atoms with E-state index < -0.39 is 5.97 Å². The predicted octanol–water partition coefficient (Wildman–Crippen LogP) is 7.34. The Morgan fingerprint density at radius 2 is 1.55 bits per heavy atom. The van der Waals surface area contributed by atoms with Crippen LogP contribution >= 0.6 is 0 Å². The number of fused-ring (bicyclic) bond motifs is 1. The van der Waals surface area contributed by atoms with Crippen LogP contribution in [0.2, 0.25) is 0 Å². The molecule has 0 unspecified atom stereocenters. The number of para-hydroxylation sites is 1. The zero-order chi connectivity index (χ0) is 26.3. The van der Waals surface area contributed by atoms with Gasteiger partial charge >= 0.3 is 5.97 Å². The van der Waals surface area contributed by atoms with E-state index in [1.807, 2.05) is 59.5 Å². The molecule has 1 fully saturated rings. The van der Waals surface area contributed by atoms with Gasteiger partial charge in [0.1, 0.15) is 5.75 Å². The first-order chi connectivity index (χ1) is 18.6. The number of carbonyl (C=O) groups is 2. The zero-order valence-electron chi connectivity index (χ0n) is 21.5. The SMILES string of the molecule is O=C(O)CCCCCOc1ccccc1CN(C(=O)c1ccc(-c2cccc3ccccc23)cc1)C1CC1. The van der Waals surface area contributed by atoms with Gasteiger partial charge < -0.3 is 14.7 Å². The quantitative estimate of drug-likeness (QED) is 0.204. The largest absolute Gasteiger partial charge is 0.493 e. The third-order valence-electron chi connectivity index (χ3n) is 7.09. The third kappa shape index (κ3) is 6.23. The van der Waals surface area contributed by atoms with Gasteiger partial charge in [0.2, 0.25) is 0 Å². The Bertz CT molecular complexity index is 1400. The van der Waals surface area contributed by atoms with Gasteiger partial charge in [-0.05, 0) is 72.2 Å². The summed E-state index contributed by atoms with van der Waals surface area (Å²) in [5.41, 5.74) is 3.94. The van der Waals surface area contributed by atoms with Gasteiger partial charge in [0.15, 0.2) is 0 Å². The Labute approximate surface area is 223 Å². The summed E-state index contributed by atoms with van der Waals surface area (Å²) in [5.74, 6) is 0.0697. The fourth-order valence-corrected chi connectivity index (χ4v) is 4.88. The topological polar surface area (TPSA) is 66.8 Å². The molecule has 0 radical (unpaired) electrons. The third-order valence-corrected chi connectivity index (χ3v) is 7.09. The van der Waals surface area contributed by atoms with Crippen LogP contribution in [0.15, 0.2) is 91.0 Å². The lowest BCUT2D eigenvalue weighted by atomic mass is 9.97. The fourth-order valence-electron chi connectivity index (χ4n) is 4.88. The number of carboxylic acids is 1. The van der Waals surface area contributed by atoms with Crippen LogP contribution in [-0.4, -0.2) is 34.5 Å². The van der Waals surface area contributed by atoms with Crippen molar-refractivity contribution in [1.29, 1.82) is 0 Å². The minimum Gasteiger partial charge on any atom is -0.493 e. The molecule has 0 spiro atoms. The van der Waals surface area contributed by atoms with Crippen LogP contribution in [0.25, 0.3) is 21.9 Å². The number of amides is 1. The van der Waals surface area contributed by atoms with Gasteiger partial charge in [-0.25, -0.2) is 0 Å². The highest BCUT2D eigenvalue weighted by Gasteiger charge is 2.33. The number of carbonyl (C=O) groups excluding carboxylic acids is 1. The molecule has 0 heterocycles. The lowest BCUT2D eigenvalue weighted by molar-refractivity contribution is -0.137. The number of carboxylic acid groups (broad SMARTS) is 1.